The van der Waals surface area contributed by atoms with Gasteiger partial charge < -0.3 is 79.2 Å². The molecule has 0 saturated carbocycles. The molecular formula is H21KNNa3O17S. The predicted molar refractivity (Wildman–Crippen MR) is 64.1 cm³/mol. The van der Waals surface area contributed by atoms with Gasteiger partial charge in [-0.2, -0.15) is 0 Å². The Kier molecular flexibility index (Phi) is 681. The second-order valence-electron chi connectivity index (χ2n) is 0.632. The minimum absolute atomic E-state index is 0. The van der Waals surface area contributed by atoms with Crippen molar-refractivity contribution < 1.29 is 166 Å². The fourth-order valence-corrected chi connectivity index (χ4v) is 0. The van der Waals surface area contributed by atoms with Crippen LogP contribution < -0.4 is 88.7 Å². The first-order chi connectivity index (χ1) is 3.73. The Morgan fingerprint density at radius 2 is 0.565 bits per heavy atom. The van der Waals surface area contributed by atoms with Crippen LogP contribution in [0.1, 0.15) is 0 Å². The fourth-order valence-electron chi connectivity index (χ4n) is 0. The summed E-state index contributed by atoms with van der Waals surface area (Å²) in [6.07, 6.45) is 0. The third-order valence-corrected chi connectivity index (χ3v) is 0. The van der Waals surface area contributed by atoms with Crippen LogP contribution in [0, 0.1) is 15.3 Å². The van der Waals surface area contributed by atoms with E-state index in [1.54, 1.807) is 0 Å². The summed E-state index contributed by atoms with van der Waals surface area (Å²) in [5.41, 5.74) is 0. The summed E-state index contributed by atoms with van der Waals surface area (Å²) < 4.78 is 34.1. The number of rotatable bonds is 0. The van der Waals surface area contributed by atoms with Crippen LogP contribution in [-0.2, 0) is 10.4 Å². The number of hydrogen-bond acceptors (Lipinski definition) is 7. The second-order valence-corrected chi connectivity index (χ2v) is 1.45. The van der Waals surface area contributed by atoms with Crippen molar-refractivity contribution >= 4 is 61.8 Å². The van der Waals surface area contributed by atoms with Crippen LogP contribution >= 0.6 is 0 Å². The molecule has 0 fully saturated rings. The van der Waals surface area contributed by atoms with E-state index >= 15 is 0 Å². The summed E-state index contributed by atoms with van der Waals surface area (Å²) in [6, 6.07) is 0. The standard InChI is InChI=1S/K.NO3.3Na.H2O4S.10H2O.H/c;2-1(3)4;;;;1-5(2,3)4;;;;;;;;;;;/h;;;;;(H2,1,2,3,4);10*1H2;/q;-1;3*+1;;;;;;;;;;;;/p-2. The zero-order chi connectivity index (χ0) is 8.08. The molecule has 0 atom stereocenters. The van der Waals surface area contributed by atoms with E-state index < -0.39 is 15.5 Å². The van der Waals surface area contributed by atoms with E-state index in [4.69, 9.17) is 32.8 Å². The molecule has 23 heteroatoms. The molecule has 0 spiro atoms. The average molecular weight is 447 g/mol. The molecule has 23 heavy (non-hydrogen) atoms. The Balaban J connectivity index is -0.00000000190. The van der Waals surface area contributed by atoms with Crippen LogP contribution in [0.3, 0.4) is 0 Å². The van der Waals surface area contributed by atoms with Crippen molar-refractivity contribution in [3.63, 3.8) is 0 Å². The average Bonchev–Trinajstić information content (AvgIpc) is 1.19. The molecule has 0 aromatic carbocycles. The van der Waals surface area contributed by atoms with Gasteiger partial charge in [0.05, 0.1) is 5.09 Å². The Hall–Kier alpha value is 3.31. The van der Waals surface area contributed by atoms with Gasteiger partial charge in [0.1, 0.15) is 0 Å². The first kappa shape index (κ1) is 159. The normalized spacial score (nSPS) is 3.57. The minimum Gasteiger partial charge on any atom is 1.00 e. The molecule has 20 N–H and O–H groups in total. The van der Waals surface area contributed by atoms with Gasteiger partial charge in [0.2, 0.25) is 0 Å². The van der Waals surface area contributed by atoms with Crippen LogP contribution in [0.4, 0.5) is 0 Å². The van der Waals surface area contributed by atoms with Gasteiger partial charge in [-0.15, -0.1) is 0 Å². The first-order valence-electron chi connectivity index (χ1n) is 1.21. The molecule has 138 valence electrons. The van der Waals surface area contributed by atoms with E-state index in [2.05, 4.69) is 0 Å². The van der Waals surface area contributed by atoms with Gasteiger partial charge in [-0.05, 0) is 0 Å². The van der Waals surface area contributed by atoms with Gasteiger partial charge in [0.25, 0.3) is 0 Å². The summed E-state index contributed by atoms with van der Waals surface area (Å²) in [5.74, 6) is 0. The van der Waals surface area contributed by atoms with Crippen molar-refractivity contribution in [1.82, 2.24) is 0 Å². The van der Waals surface area contributed by atoms with Crippen LogP contribution in [0.15, 0.2) is 0 Å². The maximum atomic E-state index is 8.52. The fraction of sp³-hybridized carbons (Fsp3) is 0. The molecule has 0 aliphatic heterocycles. The molecule has 0 aromatic heterocycles. The second kappa shape index (κ2) is 98.7. The SMILES string of the molecule is O.O.O.O.O.O.O.O.O.O.O=S(=O)([O-])[O-].O=[N+]([O-])[O-].[KH].[Na+].[Na+].[Na+]. The maximum absolute atomic E-state index is 8.52. The zero-order valence-electron chi connectivity index (χ0n) is 11.7. The number of hydrogen-bond donors (Lipinski definition) is 0. The topological polar surface area (TPSA) is 461 Å². The Labute approximate surface area is 238 Å². The molecule has 18 nitrogen and oxygen atoms in total. The van der Waals surface area contributed by atoms with Crippen molar-refractivity contribution in [2.45, 2.75) is 0 Å². The van der Waals surface area contributed by atoms with Gasteiger partial charge in [-0.3, -0.25) is 8.42 Å². The quantitative estimate of drug-likeness (QED) is 0.113. The Morgan fingerprint density at radius 3 is 0.565 bits per heavy atom. The van der Waals surface area contributed by atoms with E-state index in [9.17, 15) is 0 Å². The largest absolute Gasteiger partial charge is 1.00 e. The monoisotopic (exact) mass is 447 g/mol. The molecule has 0 saturated heterocycles. The van der Waals surface area contributed by atoms with Crippen molar-refractivity contribution in [3.05, 3.63) is 15.3 Å². The van der Waals surface area contributed by atoms with E-state index in [0.29, 0.717) is 0 Å². The van der Waals surface area contributed by atoms with Crippen molar-refractivity contribution in [3.8, 4) is 0 Å². The van der Waals surface area contributed by atoms with E-state index in [1.807, 2.05) is 0 Å². The Bertz CT molecular complexity index is 172. The third-order valence-electron chi connectivity index (χ3n) is 0. The van der Waals surface area contributed by atoms with Gasteiger partial charge in [-0.25, -0.2) is 0 Å². The summed E-state index contributed by atoms with van der Waals surface area (Å²) in [6.45, 7) is 0. The van der Waals surface area contributed by atoms with Crippen LogP contribution in [-0.4, -0.2) is 129 Å². The predicted octanol–water partition coefficient (Wildman–Crippen LogP) is -19.5. The molecule has 0 aliphatic carbocycles. The van der Waals surface area contributed by atoms with E-state index in [1.165, 1.54) is 0 Å². The molecule has 0 amide bonds. The summed E-state index contributed by atoms with van der Waals surface area (Å²) in [5, 5.41) is 14.8. The van der Waals surface area contributed by atoms with Crippen molar-refractivity contribution in [1.29, 1.82) is 0 Å². The zero-order valence-corrected chi connectivity index (χ0v) is 18.5. The van der Waals surface area contributed by atoms with E-state index in [0.717, 1.165) is 0 Å². The summed E-state index contributed by atoms with van der Waals surface area (Å²) in [4.78, 5) is 8.25. The van der Waals surface area contributed by atoms with Gasteiger partial charge in [0.15, 0.2) is 0 Å². The summed E-state index contributed by atoms with van der Waals surface area (Å²) >= 11 is 0. The summed E-state index contributed by atoms with van der Waals surface area (Å²) in [7, 11) is -5.17. The molecular weight excluding hydrogens is 426 g/mol. The van der Waals surface area contributed by atoms with Gasteiger partial charge in [-0.1, -0.05) is 0 Å². The molecule has 0 unspecified atom stereocenters. The van der Waals surface area contributed by atoms with Crippen molar-refractivity contribution in [2.75, 3.05) is 0 Å². The molecule has 0 radical (unpaired) electrons. The number of nitrogens with zero attached hydrogens (tertiary/aromatic N) is 1. The first-order valence-corrected chi connectivity index (χ1v) is 2.55. The molecule has 0 rings (SSSR count). The van der Waals surface area contributed by atoms with Gasteiger partial charge >= 0.3 is 140 Å². The Morgan fingerprint density at radius 1 is 0.565 bits per heavy atom. The van der Waals surface area contributed by atoms with Crippen LogP contribution in [0.25, 0.3) is 0 Å². The molecule has 0 heterocycles. The molecule has 0 aromatic rings. The van der Waals surface area contributed by atoms with Crippen LogP contribution in [0.2, 0.25) is 0 Å². The van der Waals surface area contributed by atoms with Crippen LogP contribution in [0.5, 0.6) is 0 Å². The third kappa shape index (κ3) is 1260. The van der Waals surface area contributed by atoms with Gasteiger partial charge in [0, 0.05) is 10.4 Å². The smallest absolute Gasteiger partial charge is 1.00 e. The minimum atomic E-state index is -5.17. The van der Waals surface area contributed by atoms with Crippen molar-refractivity contribution in [2.24, 2.45) is 0 Å². The maximum Gasteiger partial charge on any atom is 1.00 e. The molecule has 0 bridgehead atoms. The molecule has 0 aliphatic rings. The van der Waals surface area contributed by atoms with E-state index in [-0.39, 0.29) is 195 Å².